The average molecular weight is 279 g/mol. The van der Waals surface area contributed by atoms with Crippen molar-refractivity contribution >= 4 is 21.8 Å². The van der Waals surface area contributed by atoms with E-state index >= 15 is 0 Å². The van der Waals surface area contributed by atoms with Crippen LogP contribution in [0.15, 0.2) is 17.3 Å². The zero-order valence-corrected chi connectivity index (χ0v) is 11.3. The maximum atomic E-state index is 11.8. The maximum absolute atomic E-state index is 11.8. The van der Waals surface area contributed by atoms with Gasteiger partial charge in [0.2, 0.25) is 10.0 Å². The third-order valence-electron chi connectivity index (χ3n) is 2.07. The molecule has 0 radical (unpaired) electrons. The Morgan fingerprint density at radius 3 is 3.00 bits per heavy atom. The van der Waals surface area contributed by atoms with Gasteiger partial charge in [0.05, 0.1) is 19.3 Å². The summed E-state index contributed by atoms with van der Waals surface area (Å²) in [6.45, 7) is 0.651. The van der Waals surface area contributed by atoms with Gasteiger partial charge in [0, 0.05) is 12.7 Å². The lowest BCUT2D eigenvalue weighted by molar-refractivity contribution is 0.269. The van der Waals surface area contributed by atoms with Crippen LogP contribution in [0.3, 0.4) is 0 Å². The van der Waals surface area contributed by atoms with E-state index in [1.807, 2.05) is 6.26 Å². The van der Waals surface area contributed by atoms with Crippen LogP contribution in [-0.4, -0.2) is 48.5 Å². The van der Waals surface area contributed by atoms with Gasteiger partial charge in [-0.3, -0.25) is 4.68 Å². The lowest BCUT2D eigenvalue weighted by Gasteiger charge is -2.03. The molecule has 0 aromatic carbocycles. The first-order valence-electron chi connectivity index (χ1n) is 5.22. The van der Waals surface area contributed by atoms with Crippen LogP contribution in [0.5, 0.6) is 0 Å². The van der Waals surface area contributed by atoms with Crippen LogP contribution in [0, 0.1) is 0 Å². The van der Waals surface area contributed by atoms with E-state index in [0.717, 1.165) is 12.2 Å². The van der Waals surface area contributed by atoms with E-state index in [-0.39, 0.29) is 11.5 Å². The molecule has 1 rings (SSSR count). The van der Waals surface area contributed by atoms with Crippen molar-refractivity contribution in [3.63, 3.8) is 0 Å². The first kappa shape index (κ1) is 14.5. The van der Waals surface area contributed by atoms with Gasteiger partial charge in [-0.2, -0.15) is 16.9 Å². The van der Waals surface area contributed by atoms with Gasteiger partial charge >= 0.3 is 0 Å². The SMILES string of the molecule is CSCCCNS(=O)(=O)c1cnn(CCO)c1. The van der Waals surface area contributed by atoms with Gasteiger partial charge in [-0.25, -0.2) is 13.1 Å². The summed E-state index contributed by atoms with van der Waals surface area (Å²) in [6.07, 6.45) is 5.47. The number of thioether (sulfide) groups is 1. The molecule has 0 unspecified atom stereocenters. The van der Waals surface area contributed by atoms with Crippen molar-refractivity contribution in [3.8, 4) is 0 Å². The second-order valence-corrected chi connectivity index (χ2v) is 6.16. The van der Waals surface area contributed by atoms with Gasteiger partial charge in [-0.1, -0.05) is 0 Å². The molecule has 0 saturated heterocycles. The van der Waals surface area contributed by atoms with Gasteiger partial charge in [0.1, 0.15) is 4.90 Å². The molecule has 0 bridgehead atoms. The lowest BCUT2D eigenvalue weighted by atomic mass is 10.5. The number of sulfonamides is 1. The second-order valence-electron chi connectivity index (χ2n) is 3.41. The number of rotatable bonds is 8. The molecule has 17 heavy (non-hydrogen) atoms. The molecule has 2 N–H and O–H groups in total. The third-order valence-corrected chi connectivity index (χ3v) is 4.18. The van der Waals surface area contributed by atoms with Crippen molar-refractivity contribution in [2.24, 2.45) is 0 Å². The summed E-state index contributed by atoms with van der Waals surface area (Å²) in [6, 6.07) is 0. The smallest absolute Gasteiger partial charge is 0.243 e. The van der Waals surface area contributed by atoms with Gasteiger partial charge in [0.25, 0.3) is 0 Å². The number of hydrogen-bond acceptors (Lipinski definition) is 5. The van der Waals surface area contributed by atoms with Gasteiger partial charge in [-0.15, -0.1) is 0 Å². The quantitative estimate of drug-likeness (QED) is 0.650. The Morgan fingerprint density at radius 2 is 2.35 bits per heavy atom. The molecule has 0 aliphatic carbocycles. The maximum Gasteiger partial charge on any atom is 0.243 e. The molecule has 0 spiro atoms. The minimum Gasteiger partial charge on any atom is -0.394 e. The summed E-state index contributed by atoms with van der Waals surface area (Å²) in [5.41, 5.74) is 0. The number of aliphatic hydroxyl groups excluding tert-OH is 1. The summed E-state index contributed by atoms with van der Waals surface area (Å²) < 4.78 is 27.5. The fourth-order valence-electron chi connectivity index (χ4n) is 1.21. The largest absolute Gasteiger partial charge is 0.394 e. The van der Waals surface area contributed by atoms with Crippen LogP contribution in [-0.2, 0) is 16.6 Å². The predicted molar refractivity (Wildman–Crippen MR) is 67.5 cm³/mol. The Bertz CT molecular complexity index is 430. The van der Waals surface area contributed by atoms with Crippen molar-refractivity contribution in [3.05, 3.63) is 12.4 Å². The van der Waals surface area contributed by atoms with Gasteiger partial charge in [-0.05, 0) is 18.4 Å². The fraction of sp³-hybridized carbons (Fsp3) is 0.667. The molecule has 0 saturated carbocycles. The molecule has 0 amide bonds. The van der Waals surface area contributed by atoms with Crippen molar-refractivity contribution in [2.45, 2.75) is 17.9 Å². The topological polar surface area (TPSA) is 84.2 Å². The number of aliphatic hydroxyl groups is 1. The highest BCUT2D eigenvalue weighted by molar-refractivity contribution is 7.98. The normalized spacial score (nSPS) is 11.9. The Labute approximate surface area is 105 Å². The molecule has 0 atom stereocenters. The van der Waals surface area contributed by atoms with Crippen LogP contribution in [0.2, 0.25) is 0 Å². The highest BCUT2D eigenvalue weighted by Gasteiger charge is 2.15. The minimum absolute atomic E-state index is 0.0671. The predicted octanol–water partition coefficient (Wildman–Crippen LogP) is -0.0932. The first-order chi connectivity index (χ1) is 8.10. The summed E-state index contributed by atoms with van der Waals surface area (Å²) >= 11 is 1.68. The van der Waals surface area contributed by atoms with Crippen LogP contribution >= 0.6 is 11.8 Å². The van der Waals surface area contributed by atoms with Crippen molar-refractivity contribution in [1.29, 1.82) is 0 Å². The van der Waals surface area contributed by atoms with Gasteiger partial charge < -0.3 is 5.11 Å². The molecule has 1 aromatic rings. The number of nitrogens with zero attached hydrogens (tertiary/aromatic N) is 2. The molecule has 0 aliphatic rings. The molecule has 6 nitrogen and oxygen atoms in total. The van der Waals surface area contributed by atoms with E-state index in [9.17, 15) is 8.42 Å². The summed E-state index contributed by atoms with van der Waals surface area (Å²) in [7, 11) is -3.46. The summed E-state index contributed by atoms with van der Waals surface area (Å²) in [5.74, 6) is 0.923. The summed E-state index contributed by atoms with van der Waals surface area (Å²) in [4.78, 5) is 0.134. The minimum atomic E-state index is -3.46. The van der Waals surface area contributed by atoms with Crippen LogP contribution in [0.25, 0.3) is 0 Å². The Hall–Kier alpha value is -0.570. The Kier molecular flexibility index (Phi) is 5.96. The second kappa shape index (κ2) is 7.00. The van der Waals surface area contributed by atoms with Crippen molar-refractivity contribution < 1.29 is 13.5 Å². The highest BCUT2D eigenvalue weighted by atomic mass is 32.2. The molecular weight excluding hydrogens is 262 g/mol. The van der Waals surface area contributed by atoms with E-state index in [1.54, 1.807) is 11.8 Å². The van der Waals surface area contributed by atoms with E-state index < -0.39 is 10.0 Å². The van der Waals surface area contributed by atoms with E-state index in [2.05, 4.69) is 9.82 Å². The zero-order chi connectivity index (χ0) is 12.7. The third kappa shape index (κ3) is 4.66. The number of nitrogens with one attached hydrogen (secondary N) is 1. The molecule has 0 fully saturated rings. The standard InChI is InChI=1S/C9H17N3O3S2/c1-16-6-2-3-11-17(14,15)9-7-10-12(8-9)4-5-13/h7-8,11,13H,2-6H2,1H3. The molecule has 0 aliphatic heterocycles. The summed E-state index contributed by atoms with van der Waals surface area (Å²) in [5, 5.41) is 12.6. The molecule has 8 heteroatoms. The van der Waals surface area contributed by atoms with Crippen LogP contribution in [0.4, 0.5) is 0 Å². The Morgan fingerprint density at radius 1 is 1.59 bits per heavy atom. The van der Waals surface area contributed by atoms with Crippen LogP contribution < -0.4 is 4.72 Å². The monoisotopic (exact) mass is 279 g/mol. The average Bonchev–Trinajstić information content (AvgIpc) is 2.74. The number of hydrogen-bond donors (Lipinski definition) is 2. The van der Waals surface area contributed by atoms with E-state index in [1.165, 1.54) is 17.1 Å². The molecule has 98 valence electrons. The van der Waals surface area contributed by atoms with Crippen molar-refractivity contribution in [2.75, 3.05) is 25.2 Å². The zero-order valence-electron chi connectivity index (χ0n) is 9.66. The molecular formula is C9H17N3O3S2. The van der Waals surface area contributed by atoms with E-state index in [4.69, 9.17) is 5.11 Å². The first-order valence-corrected chi connectivity index (χ1v) is 8.10. The van der Waals surface area contributed by atoms with Gasteiger partial charge in [0.15, 0.2) is 0 Å². The number of aromatic nitrogens is 2. The molecule has 1 heterocycles. The van der Waals surface area contributed by atoms with Crippen molar-refractivity contribution in [1.82, 2.24) is 14.5 Å². The Balaban J connectivity index is 2.56. The fourth-order valence-corrected chi connectivity index (χ4v) is 2.67. The van der Waals surface area contributed by atoms with E-state index in [0.29, 0.717) is 13.1 Å². The highest BCUT2D eigenvalue weighted by Crippen LogP contribution is 2.06. The lowest BCUT2D eigenvalue weighted by Crippen LogP contribution is -2.24. The van der Waals surface area contributed by atoms with Crippen LogP contribution in [0.1, 0.15) is 6.42 Å². The molecule has 1 aromatic heterocycles.